The summed E-state index contributed by atoms with van der Waals surface area (Å²) in [6.45, 7) is 0. The molecule has 9 N–H and O–H groups in total. The molecule has 0 unspecified atom stereocenters. The van der Waals surface area contributed by atoms with Gasteiger partial charge < -0.3 is 55.4 Å². The molecule has 5 atom stereocenters. The van der Waals surface area contributed by atoms with Crippen molar-refractivity contribution in [2.75, 3.05) is 0 Å². The number of aliphatic hydroxyl groups excluding tert-OH is 2. The molecule has 2 aliphatic rings. The molecule has 2 heterocycles. The molecule has 11 nitrogen and oxygen atoms in total. The third-order valence-electron chi connectivity index (χ3n) is 7.60. The van der Waals surface area contributed by atoms with E-state index in [2.05, 4.69) is 0 Å². The van der Waals surface area contributed by atoms with Crippen LogP contribution in [-0.2, 0) is 6.42 Å². The lowest BCUT2D eigenvalue weighted by molar-refractivity contribution is 0.00659. The highest BCUT2D eigenvalue weighted by Crippen LogP contribution is 2.54. The SMILES string of the molecule is Oc1ccc2c(c1)O[C@H](c1ccc(O)c(O)c1)[C@H](O)[C@H]2c1c(O)cc2c(c1O)C[C@H](O)[C@@H](c1ccc(O)c(O)c1)O2. The van der Waals surface area contributed by atoms with E-state index in [9.17, 15) is 46.0 Å². The molecule has 0 aromatic heterocycles. The van der Waals surface area contributed by atoms with Gasteiger partial charge in [-0.2, -0.15) is 0 Å². The van der Waals surface area contributed by atoms with E-state index in [1.54, 1.807) is 0 Å². The maximum Gasteiger partial charge on any atom is 0.157 e. The van der Waals surface area contributed by atoms with E-state index in [1.165, 1.54) is 60.7 Å². The summed E-state index contributed by atoms with van der Waals surface area (Å²) >= 11 is 0. The van der Waals surface area contributed by atoms with Gasteiger partial charge in [0.25, 0.3) is 0 Å². The van der Waals surface area contributed by atoms with Crippen molar-refractivity contribution >= 4 is 0 Å². The predicted molar refractivity (Wildman–Crippen MR) is 142 cm³/mol. The average molecular weight is 563 g/mol. The van der Waals surface area contributed by atoms with Crippen LogP contribution in [0.15, 0.2) is 60.7 Å². The summed E-state index contributed by atoms with van der Waals surface area (Å²) < 4.78 is 11.9. The summed E-state index contributed by atoms with van der Waals surface area (Å²) in [4.78, 5) is 0. The average Bonchev–Trinajstić information content (AvgIpc) is 2.93. The number of hydrogen-bond acceptors (Lipinski definition) is 11. The number of hydrogen-bond donors (Lipinski definition) is 9. The molecule has 2 aliphatic heterocycles. The zero-order chi connectivity index (χ0) is 29.2. The second-order valence-electron chi connectivity index (χ2n) is 10.2. The van der Waals surface area contributed by atoms with Crippen LogP contribution in [0.25, 0.3) is 0 Å². The highest BCUT2D eigenvalue weighted by atomic mass is 16.5. The summed E-state index contributed by atoms with van der Waals surface area (Å²) in [6.07, 6.45) is -4.87. The van der Waals surface area contributed by atoms with Crippen LogP contribution < -0.4 is 9.47 Å². The molecule has 41 heavy (non-hydrogen) atoms. The number of phenols is 7. The molecule has 0 spiro atoms. The second kappa shape index (κ2) is 9.58. The van der Waals surface area contributed by atoms with Crippen molar-refractivity contribution < 1.29 is 55.4 Å². The molecule has 11 heteroatoms. The third kappa shape index (κ3) is 4.31. The van der Waals surface area contributed by atoms with Crippen molar-refractivity contribution in [1.82, 2.24) is 0 Å². The predicted octanol–water partition coefficient (Wildman–Crippen LogP) is 3.29. The zero-order valence-electron chi connectivity index (χ0n) is 21.2. The Bertz CT molecular complexity index is 1670. The molecule has 0 amide bonds. The van der Waals surface area contributed by atoms with Crippen molar-refractivity contribution in [3.8, 4) is 51.7 Å². The van der Waals surface area contributed by atoms with Crippen LogP contribution >= 0.6 is 0 Å². The van der Waals surface area contributed by atoms with Gasteiger partial charge in [-0.05, 0) is 41.5 Å². The Morgan fingerprint density at radius 3 is 1.83 bits per heavy atom. The van der Waals surface area contributed by atoms with Crippen LogP contribution in [0, 0.1) is 0 Å². The van der Waals surface area contributed by atoms with Crippen molar-refractivity contribution in [3.63, 3.8) is 0 Å². The molecule has 0 saturated heterocycles. The van der Waals surface area contributed by atoms with Crippen LogP contribution in [0.2, 0.25) is 0 Å². The van der Waals surface area contributed by atoms with Gasteiger partial charge in [0.1, 0.15) is 41.0 Å². The largest absolute Gasteiger partial charge is 0.508 e. The van der Waals surface area contributed by atoms with E-state index < -0.39 is 53.3 Å². The Morgan fingerprint density at radius 2 is 1.20 bits per heavy atom. The van der Waals surface area contributed by atoms with E-state index in [1.807, 2.05) is 0 Å². The topological polar surface area (TPSA) is 201 Å². The molecule has 0 fully saturated rings. The summed E-state index contributed by atoms with van der Waals surface area (Å²) in [5.41, 5.74) is 1.07. The van der Waals surface area contributed by atoms with Gasteiger partial charge in [-0.1, -0.05) is 18.2 Å². The smallest absolute Gasteiger partial charge is 0.157 e. The quantitative estimate of drug-likeness (QED) is 0.166. The molecular weight excluding hydrogens is 536 g/mol. The number of phenolic OH excluding ortho intramolecular Hbond substituents is 7. The molecule has 0 aliphatic carbocycles. The van der Waals surface area contributed by atoms with Gasteiger partial charge in [0.05, 0.1) is 6.10 Å². The number of ether oxygens (including phenoxy) is 2. The van der Waals surface area contributed by atoms with E-state index in [0.29, 0.717) is 11.1 Å². The Hall–Kier alpha value is -5.00. The maximum absolute atomic E-state index is 11.6. The molecule has 0 bridgehead atoms. The Labute approximate surface area is 232 Å². The summed E-state index contributed by atoms with van der Waals surface area (Å²) in [5.74, 6) is -3.44. The van der Waals surface area contributed by atoms with Gasteiger partial charge >= 0.3 is 0 Å². The Kier molecular flexibility index (Phi) is 6.13. The molecule has 6 rings (SSSR count). The Morgan fingerprint density at radius 1 is 0.585 bits per heavy atom. The minimum atomic E-state index is -1.44. The first-order valence-electron chi connectivity index (χ1n) is 12.7. The first-order chi connectivity index (χ1) is 19.5. The van der Waals surface area contributed by atoms with Gasteiger partial charge in [0.2, 0.25) is 0 Å². The van der Waals surface area contributed by atoms with Crippen LogP contribution in [0.4, 0.5) is 0 Å². The minimum absolute atomic E-state index is 0.0686. The lowest BCUT2D eigenvalue weighted by atomic mass is 9.78. The van der Waals surface area contributed by atoms with Crippen LogP contribution in [0.5, 0.6) is 51.7 Å². The van der Waals surface area contributed by atoms with E-state index in [0.717, 1.165) is 0 Å². The number of aromatic hydroxyl groups is 7. The van der Waals surface area contributed by atoms with Gasteiger partial charge in [0, 0.05) is 41.2 Å². The Balaban J connectivity index is 1.45. The second-order valence-corrected chi connectivity index (χ2v) is 10.2. The molecule has 0 saturated carbocycles. The number of fused-ring (bicyclic) bond motifs is 2. The van der Waals surface area contributed by atoms with E-state index in [4.69, 9.17) is 9.47 Å². The molecule has 0 radical (unpaired) electrons. The van der Waals surface area contributed by atoms with Gasteiger partial charge in [-0.15, -0.1) is 0 Å². The lowest BCUT2D eigenvalue weighted by Gasteiger charge is -2.39. The lowest BCUT2D eigenvalue weighted by Crippen LogP contribution is -2.35. The first-order valence-corrected chi connectivity index (χ1v) is 12.7. The number of rotatable bonds is 3. The number of benzene rings is 4. The summed E-state index contributed by atoms with van der Waals surface area (Å²) in [5, 5.41) is 94.6. The third-order valence-corrected chi connectivity index (χ3v) is 7.60. The standard InChI is InChI=1S/C30H26O11/c31-14-3-4-15-23(9-14)41-30(13-2-6-18(33)20(35)8-13)28(39)25(15)26-21(36)11-24-16(27(26)38)10-22(37)29(40-24)12-1-5-17(32)19(34)7-12/h1-9,11,22,25,28-39H,10H2/t22-,25+,28+,29+,30+/m0/s1. The fourth-order valence-electron chi connectivity index (χ4n) is 5.59. The van der Waals surface area contributed by atoms with Crippen LogP contribution in [0.3, 0.4) is 0 Å². The normalized spacial score (nSPS) is 23.1. The minimum Gasteiger partial charge on any atom is -0.508 e. The van der Waals surface area contributed by atoms with Gasteiger partial charge in [-0.3, -0.25) is 0 Å². The van der Waals surface area contributed by atoms with Gasteiger partial charge in [0.15, 0.2) is 29.1 Å². The fraction of sp³-hybridized carbons (Fsp3) is 0.200. The first kappa shape index (κ1) is 26.2. The highest BCUT2D eigenvalue weighted by molar-refractivity contribution is 5.63. The van der Waals surface area contributed by atoms with E-state index >= 15 is 0 Å². The van der Waals surface area contributed by atoms with Crippen LogP contribution in [0.1, 0.15) is 45.9 Å². The molecule has 212 valence electrons. The molecular formula is C30H26O11. The fourth-order valence-corrected chi connectivity index (χ4v) is 5.59. The van der Waals surface area contributed by atoms with Crippen molar-refractivity contribution in [3.05, 3.63) is 88.5 Å². The van der Waals surface area contributed by atoms with E-state index in [-0.39, 0.29) is 51.9 Å². The summed E-state index contributed by atoms with van der Waals surface area (Å²) in [7, 11) is 0. The zero-order valence-corrected chi connectivity index (χ0v) is 21.2. The molecule has 4 aromatic carbocycles. The van der Waals surface area contributed by atoms with Crippen LogP contribution in [-0.4, -0.2) is 58.2 Å². The maximum atomic E-state index is 11.6. The summed E-state index contributed by atoms with van der Waals surface area (Å²) in [6, 6.07) is 13.3. The highest BCUT2D eigenvalue weighted by Gasteiger charge is 2.44. The van der Waals surface area contributed by atoms with Crippen molar-refractivity contribution in [1.29, 1.82) is 0 Å². The van der Waals surface area contributed by atoms with Crippen molar-refractivity contribution in [2.24, 2.45) is 0 Å². The van der Waals surface area contributed by atoms with Gasteiger partial charge in [-0.25, -0.2) is 0 Å². The molecule has 4 aromatic rings. The number of aliphatic hydroxyl groups is 2. The monoisotopic (exact) mass is 562 g/mol. The van der Waals surface area contributed by atoms with Crippen molar-refractivity contribution in [2.45, 2.75) is 36.8 Å².